The summed E-state index contributed by atoms with van der Waals surface area (Å²) in [6.45, 7) is 3.49. The van der Waals surface area contributed by atoms with Crippen molar-refractivity contribution in [3.05, 3.63) is 29.8 Å². The van der Waals surface area contributed by atoms with Crippen molar-refractivity contribution in [3.63, 3.8) is 0 Å². The first-order valence-electron chi connectivity index (χ1n) is 8.86. The van der Waals surface area contributed by atoms with E-state index in [1.807, 2.05) is 0 Å². The lowest BCUT2D eigenvalue weighted by atomic mass is 9.85. The second-order valence-corrected chi connectivity index (χ2v) is 7.19. The number of ether oxygens (including phenoxy) is 1. The molecule has 3 nitrogen and oxygen atoms in total. The van der Waals surface area contributed by atoms with Crippen LogP contribution in [0.4, 0.5) is 0 Å². The summed E-state index contributed by atoms with van der Waals surface area (Å²) < 4.78 is 5.26. The van der Waals surface area contributed by atoms with Crippen molar-refractivity contribution in [1.82, 2.24) is 4.90 Å². The Morgan fingerprint density at radius 3 is 2.50 bits per heavy atom. The molecule has 1 saturated carbocycles. The highest BCUT2D eigenvalue weighted by Gasteiger charge is 2.28. The molecule has 1 aliphatic carbocycles. The van der Waals surface area contributed by atoms with Gasteiger partial charge in [-0.1, -0.05) is 31.4 Å². The molecular formula is C19H30N2O. The van der Waals surface area contributed by atoms with Crippen molar-refractivity contribution in [2.24, 2.45) is 11.7 Å². The van der Waals surface area contributed by atoms with Gasteiger partial charge < -0.3 is 15.4 Å². The molecule has 2 unspecified atom stereocenters. The maximum Gasteiger partial charge on any atom is 0.118 e. The highest BCUT2D eigenvalue weighted by atomic mass is 16.5. The minimum Gasteiger partial charge on any atom is -0.497 e. The Labute approximate surface area is 134 Å². The first kappa shape index (κ1) is 15.8. The number of nitrogens with two attached hydrogens (primary N) is 1. The van der Waals surface area contributed by atoms with E-state index in [2.05, 4.69) is 29.2 Å². The molecule has 1 heterocycles. The fourth-order valence-corrected chi connectivity index (χ4v) is 4.23. The zero-order valence-corrected chi connectivity index (χ0v) is 13.8. The van der Waals surface area contributed by atoms with E-state index in [-0.39, 0.29) is 0 Å². The standard InChI is InChI=1S/C19H30N2O/c1-22-19-9-7-16(8-10-19)17-11-18(20)14-21(13-17)12-15-5-3-2-4-6-15/h7-10,15,17-18H,2-6,11-14,20H2,1H3. The van der Waals surface area contributed by atoms with Crippen LogP contribution in [0.5, 0.6) is 5.75 Å². The van der Waals surface area contributed by atoms with Crippen LogP contribution < -0.4 is 10.5 Å². The van der Waals surface area contributed by atoms with E-state index in [9.17, 15) is 0 Å². The summed E-state index contributed by atoms with van der Waals surface area (Å²) in [4.78, 5) is 2.62. The smallest absolute Gasteiger partial charge is 0.118 e. The molecule has 1 aromatic carbocycles. The third kappa shape index (κ3) is 4.02. The highest BCUT2D eigenvalue weighted by molar-refractivity contribution is 5.30. The number of benzene rings is 1. The molecule has 0 amide bonds. The van der Waals surface area contributed by atoms with E-state index < -0.39 is 0 Å². The van der Waals surface area contributed by atoms with Gasteiger partial charge >= 0.3 is 0 Å². The molecule has 1 aromatic rings. The van der Waals surface area contributed by atoms with Gasteiger partial charge in [-0.3, -0.25) is 0 Å². The number of methoxy groups -OCH3 is 1. The maximum atomic E-state index is 6.35. The third-order valence-corrected chi connectivity index (χ3v) is 5.39. The second kappa shape index (κ2) is 7.47. The molecule has 2 aliphatic rings. The molecule has 2 N–H and O–H groups in total. The minimum absolute atomic E-state index is 0.310. The highest BCUT2D eigenvalue weighted by Crippen LogP contribution is 2.30. The summed E-state index contributed by atoms with van der Waals surface area (Å²) in [5.41, 5.74) is 7.75. The largest absolute Gasteiger partial charge is 0.497 e. The van der Waals surface area contributed by atoms with E-state index in [4.69, 9.17) is 10.5 Å². The summed E-state index contributed by atoms with van der Waals surface area (Å²) in [5, 5.41) is 0. The van der Waals surface area contributed by atoms with Crippen LogP contribution in [0.25, 0.3) is 0 Å². The predicted molar refractivity (Wildman–Crippen MR) is 91.3 cm³/mol. The van der Waals surface area contributed by atoms with E-state index in [1.165, 1.54) is 44.2 Å². The Balaban J connectivity index is 1.61. The quantitative estimate of drug-likeness (QED) is 0.926. The molecule has 22 heavy (non-hydrogen) atoms. The molecular weight excluding hydrogens is 272 g/mol. The summed E-state index contributed by atoms with van der Waals surface area (Å²) in [6.07, 6.45) is 8.22. The van der Waals surface area contributed by atoms with Gasteiger partial charge in [-0.05, 0) is 48.8 Å². The van der Waals surface area contributed by atoms with Gasteiger partial charge in [0.15, 0.2) is 0 Å². The molecule has 0 spiro atoms. The lowest BCUT2D eigenvalue weighted by Crippen LogP contribution is -2.47. The van der Waals surface area contributed by atoms with Gasteiger partial charge in [-0.25, -0.2) is 0 Å². The molecule has 1 aliphatic heterocycles. The third-order valence-electron chi connectivity index (χ3n) is 5.39. The van der Waals surface area contributed by atoms with Gasteiger partial charge in [-0.15, -0.1) is 0 Å². The van der Waals surface area contributed by atoms with Crippen LogP contribution in [-0.2, 0) is 0 Å². The average molecular weight is 302 g/mol. The van der Waals surface area contributed by atoms with Gasteiger partial charge in [0, 0.05) is 25.7 Å². The van der Waals surface area contributed by atoms with Crippen LogP contribution in [0.1, 0.15) is 50.0 Å². The van der Waals surface area contributed by atoms with Crippen LogP contribution in [0.2, 0.25) is 0 Å². The van der Waals surface area contributed by atoms with Crippen molar-refractivity contribution in [2.45, 2.75) is 50.5 Å². The Morgan fingerprint density at radius 2 is 1.82 bits per heavy atom. The Morgan fingerprint density at radius 1 is 1.09 bits per heavy atom. The van der Waals surface area contributed by atoms with Crippen LogP contribution in [0.3, 0.4) is 0 Å². The maximum absolute atomic E-state index is 6.35. The summed E-state index contributed by atoms with van der Waals surface area (Å²) >= 11 is 0. The van der Waals surface area contributed by atoms with Gasteiger partial charge in [0.2, 0.25) is 0 Å². The van der Waals surface area contributed by atoms with E-state index in [0.29, 0.717) is 12.0 Å². The lowest BCUT2D eigenvalue weighted by molar-refractivity contribution is 0.147. The monoisotopic (exact) mass is 302 g/mol. The number of hydrogen-bond acceptors (Lipinski definition) is 3. The first-order chi connectivity index (χ1) is 10.7. The molecule has 3 rings (SSSR count). The minimum atomic E-state index is 0.310. The molecule has 2 fully saturated rings. The predicted octanol–water partition coefficient (Wildman–Crippen LogP) is 3.39. The lowest BCUT2D eigenvalue weighted by Gasteiger charge is -2.39. The number of hydrogen-bond donors (Lipinski definition) is 1. The van der Waals surface area contributed by atoms with Gasteiger partial charge in [0.1, 0.15) is 5.75 Å². The van der Waals surface area contributed by atoms with Crippen LogP contribution >= 0.6 is 0 Å². The van der Waals surface area contributed by atoms with Crippen LogP contribution in [0, 0.1) is 5.92 Å². The summed E-state index contributed by atoms with van der Waals surface area (Å²) in [7, 11) is 1.72. The Hall–Kier alpha value is -1.06. The molecule has 0 radical (unpaired) electrons. The normalized spacial score (nSPS) is 27.7. The Bertz CT molecular complexity index is 453. The number of nitrogens with zero attached hydrogens (tertiary/aromatic N) is 1. The van der Waals surface area contributed by atoms with Gasteiger partial charge in [0.05, 0.1) is 7.11 Å². The fourth-order valence-electron chi connectivity index (χ4n) is 4.23. The van der Waals surface area contributed by atoms with E-state index in [1.54, 1.807) is 7.11 Å². The van der Waals surface area contributed by atoms with Crippen molar-refractivity contribution in [2.75, 3.05) is 26.7 Å². The number of piperidine rings is 1. The topological polar surface area (TPSA) is 38.5 Å². The average Bonchev–Trinajstić information content (AvgIpc) is 2.55. The van der Waals surface area contributed by atoms with Crippen molar-refractivity contribution >= 4 is 0 Å². The Kier molecular flexibility index (Phi) is 5.37. The zero-order valence-electron chi connectivity index (χ0n) is 13.8. The van der Waals surface area contributed by atoms with Crippen molar-refractivity contribution in [1.29, 1.82) is 0 Å². The van der Waals surface area contributed by atoms with Gasteiger partial charge in [-0.2, -0.15) is 0 Å². The summed E-state index contributed by atoms with van der Waals surface area (Å²) in [5.74, 6) is 2.40. The molecule has 1 saturated heterocycles. The second-order valence-electron chi connectivity index (χ2n) is 7.19. The van der Waals surface area contributed by atoms with Crippen LogP contribution in [-0.4, -0.2) is 37.7 Å². The van der Waals surface area contributed by atoms with E-state index >= 15 is 0 Å². The summed E-state index contributed by atoms with van der Waals surface area (Å²) in [6, 6.07) is 8.87. The number of rotatable bonds is 4. The van der Waals surface area contributed by atoms with Crippen LogP contribution in [0.15, 0.2) is 24.3 Å². The van der Waals surface area contributed by atoms with Crippen molar-refractivity contribution < 1.29 is 4.74 Å². The fraction of sp³-hybridized carbons (Fsp3) is 0.684. The molecule has 2 atom stereocenters. The molecule has 0 bridgehead atoms. The number of likely N-dealkylation sites (tertiary alicyclic amines) is 1. The SMILES string of the molecule is COc1ccc(C2CC(N)CN(CC3CCCCC3)C2)cc1. The first-order valence-corrected chi connectivity index (χ1v) is 8.86. The van der Waals surface area contributed by atoms with Crippen molar-refractivity contribution in [3.8, 4) is 5.75 Å². The van der Waals surface area contributed by atoms with E-state index in [0.717, 1.165) is 31.2 Å². The zero-order chi connectivity index (χ0) is 15.4. The van der Waals surface area contributed by atoms with Gasteiger partial charge in [0.25, 0.3) is 0 Å². The molecule has 0 aromatic heterocycles. The molecule has 3 heteroatoms. The molecule has 122 valence electrons.